The standard InChI is InChI=1S/C7H15NO4/c1-2-8-7-6(11)5(10)4(9)3-12-7/h4-11H,2-3H2,1H3/t4-,5-,6+,7-/m0/s1. The largest absolute Gasteiger partial charge is 0.388 e. The molecule has 0 amide bonds. The second-order valence-corrected chi connectivity index (χ2v) is 2.86. The zero-order chi connectivity index (χ0) is 9.14. The van der Waals surface area contributed by atoms with Gasteiger partial charge in [-0.3, -0.25) is 5.32 Å². The first-order valence-electron chi connectivity index (χ1n) is 4.06. The van der Waals surface area contributed by atoms with Gasteiger partial charge in [-0.05, 0) is 6.54 Å². The first-order chi connectivity index (χ1) is 5.66. The van der Waals surface area contributed by atoms with E-state index in [0.717, 1.165) is 0 Å². The third-order valence-electron chi connectivity index (χ3n) is 1.91. The Kier molecular flexibility index (Phi) is 3.42. The molecule has 0 saturated carbocycles. The van der Waals surface area contributed by atoms with Gasteiger partial charge in [-0.15, -0.1) is 0 Å². The van der Waals surface area contributed by atoms with E-state index in [0.29, 0.717) is 6.54 Å². The number of aliphatic hydroxyl groups is 3. The van der Waals surface area contributed by atoms with E-state index < -0.39 is 24.5 Å². The van der Waals surface area contributed by atoms with Gasteiger partial charge >= 0.3 is 0 Å². The molecule has 0 spiro atoms. The Balaban J connectivity index is 2.46. The first-order valence-corrected chi connectivity index (χ1v) is 4.06. The van der Waals surface area contributed by atoms with Crippen molar-refractivity contribution < 1.29 is 20.1 Å². The second-order valence-electron chi connectivity index (χ2n) is 2.86. The monoisotopic (exact) mass is 177 g/mol. The predicted molar refractivity (Wildman–Crippen MR) is 41.4 cm³/mol. The normalized spacial score (nSPS) is 43.0. The van der Waals surface area contributed by atoms with Gasteiger partial charge < -0.3 is 20.1 Å². The van der Waals surface area contributed by atoms with Crippen molar-refractivity contribution in [1.29, 1.82) is 0 Å². The van der Waals surface area contributed by atoms with Crippen LogP contribution in [0.3, 0.4) is 0 Å². The van der Waals surface area contributed by atoms with Gasteiger partial charge in [0, 0.05) is 0 Å². The molecule has 1 fully saturated rings. The Hall–Kier alpha value is -0.200. The molecule has 0 bridgehead atoms. The minimum atomic E-state index is -1.12. The molecule has 1 aliphatic heterocycles. The smallest absolute Gasteiger partial charge is 0.137 e. The van der Waals surface area contributed by atoms with Gasteiger partial charge in [0.25, 0.3) is 0 Å². The van der Waals surface area contributed by atoms with Crippen molar-refractivity contribution in [1.82, 2.24) is 5.32 Å². The summed E-state index contributed by atoms with van der Waals surface area (Å²) in [6.45, 7) is 2.56. The minimum absolute atomic E-state index is 0.0515. The van der Waals surface area contributed by atoms with E-state index in [1.807, 2.05) is 6.92 Å². The van der Waals surface area contributed by atoms with Crippen molar-refractivity contribution in [3.05, 3.63) is 0 Å². The Bertz CT molecular complexity index is 143. The number of aliphatic hydroxyl groups excluding tert-OH is 3. The van der Waals surface area contributed by atoms with Crippen LogP contribution in [0, 0.1) is 0 Å². The highest BCUT2D eigenvalue weighted by molar-refractivity contribution is 4.84. The molecule has 0 aromatic carbocycles. The molecule has 1 saturated heterocycles. The van der Waals surface area contributed by atoms with Gasteiger partial charge in [0.1, 0.15) is 24.5 Å². The molecule has 0 aliphatic carbocycles. The molecule has 1 heterocycles. The van der Waals surface area contributed by atoms with Crippen LogP contribution in [-0.4, -0.2) is 53.0 Å². The lowest BCUT2D eigenvalue weighted by atomic mass is 10.0. The number of hydrogen-bond acceptors (Lipinski definition) is 5. The zero-order valence-electron chi connectivity index (χ0n) is 6.97. The van der Waals surface area contributed by atoms with Crippen LogP contribution in [0.2, 0.25) is 0 Å². The lowest BCUT2D eigenvalue weighted by molar-refractivity contribution is -0.194. The number of ether oxygens (including phenoxy) is 1. The molecule has 5 heteroatoms. The fraction of sp³-hybridized carbons (Fsp3) is 1.00. The average molecular weight is 177 g/mol. The number of nitrogens with one attached hydrogen (secondary N) is 1. The van der Waals surface area contributed by atoms with Crippen molar-refractivity contribution in [2.24, 2.45) is 0 Å². The van der Waals surface area contributed by atoms with E-state index in [2.05, 4.69) is 5.32 Å². The molecule has 0 unspecified atom stereocenters. The van der Waals surface area contributed by atoms with E-state index >= 15 is 0 Å². The van der Waals surface area contributed by atoms with Gasteiger partial charge in [0.15, 0.2) is 0 Å². The predicted octanol–water partition coefficient (Wildman–Crippen LogP) is -1.97. The van der Waals surface area contributed by atoms with E-state index in [4.69, 9.17) is 9.84 Å². The summed E-state index contributed by atoms with van der Waals surface area (Å²) in [7, 11) is 0. The minimum Gasteiger partial charge on any atom is -0.388 e. The molecule has 0 aromatic heterocycles. The van der Waals surface area contributed by atoms with Crippen LogP contribution in [-0.2, 0) is 4.74 Å². The highest BCUT2D eigenvalue weighted by atomic mass is 16.5. The third-order valence-corrected chi connectivity index (χ3v) is 1.91. The maximum atomic E-state index is 9.34. The van der Waals surface area contributed by atoms with Gasteiger partial charge in [-0.1, -0.05) is 6.92 Å². The summed E-state index contributed by atoms with van der Waals surface area (Å²) < 4.78 is 5.04. The average Bonchev–Trinajstić information content (AvgIpc) is 2.07. The molecule has 0 aromatic rings. The Morgan fingerprint density at radius 1 is 1.33 bits per heavy atom. The highest BCUT2D eigenvalue weighted by Crippen LogP contribution is 2.13. The topological polar surface area (TPSA) is 82.0 Å². The Morgan fingerprint density at radius 2 is 2.00 bits per heavy atom. The van der Waals surface area contributed by atoms with E-state index in [9.17, 15) is 10.2 Å². The van der Waals surface area contributed by atoms with Gasteiger partial charge in [0.2, 0.25) is 0 Å². The van der Waals surface area contributed by atoms with E-state index in [-0.39, 0.29) is 6.61 Å². The van der Waals surface area contributed by atoms with Crippen LogP contribution in [0.25, 0.3) is 0 Å². The zero-order valence-corrected chi connectivity index (χ0v) is 6.97. The second kappa shape index (κ2) is 4.15. The molecular weight excluding hydrogens is 162 g/mol. The number of rotatable bonds is 2. The quantitative estimate of drug-likeness (QED) is 0.393. The van der Waals surface area contributed by atoms with Crippen molar-refractivity contribution in [2.45, 2.75) is 31.5 Å². The summed E-state index contributed by atoms with van der Waals surface area (Å²) in [4.78, 5) is 0. The van der Waals surface area contributed by atoms with Gasteiger partial charge in [-0.2, -0.15) is 0 Å². The first kappa shape index (κ1) is 9.88. The SMILES string of the molecule is CCN[C@H]1OC[C@H](O)[C@H](O)[C@H]1O. The van der Waals surface area contributed by atoms with Crippen molar-refractivity contribution in [3.8, 4) is 0 Å². The fourth-order valence-corrected chi connectivity index (χ4v) is 1.19. The van der Waals surface area contributed by atoms with Crippen molar-refractivity contribution in [3.63, 3.8) is 0 Å². The number of likely N-dealkylation sites (N-methyl/N-ethyl adjacent to an activating group) is 1. The van der Waals surface area contributed by atoms with Gasteiger partial charge in [-0.25, -0.2) is 0 Å². The van der Waals surface area contributed by atoms with E-state index in [1.54, 1.807) is 0 Å². The highest BCUT2D eigenvalue weighted by Gasteiger charge is 2.36. The summed E-state index contributed by atoms with van der Waals surface area (Å²) >= 11 is 0. The molecule has 4 N–H and O–H groups in total. The lowest BCUT2D eigenvalue weighted by Crippen LogP contribution is -2.57. The molecule has 1 rings (SSSR count). The lowest BCUT2D eigenvalue weighted by Gasteiger charge is -2.35. The maximum absolute atomic E-state index is 9.34. The van der Waals surface area contributed by atoms with Gasteiger partial charge in [0.05, 0.1) is 6.61 Å². The number of hydrogen-bond donors (Lipinski definition) is 4. The van der Waals surface area contributed by atoms with Crippen molar-refractivity contribution in [2.75, 3.05) is 13.2 Å². The van der Waals surface area contributed by atoms with Crippen LogP contribution in [0.15, 0.2) is 0 Å². The summed E-state index contributed by atoms with van der Waals surface area (Å²) in [5.74, 6) is 0. The molecule has 0 radical (unpaired) electrons. The van der Waals surface area contributed by atoms with E-state index in [1.165, 1.54) is 0 Å². The fourth-order valence-electron chi connectivity index (χ4n) is 1.19. The summed E-state index contributed by atoms with van der Waals surface area (Å²) in [6, 6.07) is 0. The summed E-state index contributed by atoms with van der Waals surface area (Å²) in [5, 5.41) is 30.5. The summed E-state index contributed by atoms with van der Waals surface area (Å²) in [6.07, 6.45) is -3.75. The third kappa shape index (κ3) is 1.94. The molecule has 5 nitrogen and oxygen atoms in total. The molecule has 72 valence electrons. The van der Waals surface area contributed by atoms with Crippen molar-refractivity contribution >= 4 is 0 Å². The van der Waals surface area contributed by atoms with Crippen LogP contribution in [0.5, 0.6) is 0 Å². The van der Waals surface area contributed by atoms with Crippen LogP contribution >= 0.6 is 0 Å². The van der Waals surface area contributed by atoms with Crippen LogP contribution in [0.1, 0.15) is 6.92 Å². The Morgan fingerprint density at radius 3 is 2.58 bits per heavy atom. The Labute approximate surface area is 71.0 Å². The van der Waals surface area contributed by atoms with Crippen LogP contribution in [0.4, 0.5) is 0 Å². The molecule has 12 heavy (non-hydrogen) atoms. The molecule has 4 atom stereocenters. The maximum Gasteiger partial charge on any atom is 0.137 e. The molecule has 1 aliphatic rings. The molecular formula is C7H15NO4. The summed E-state index contributed by atoms with van der Waals surface area (Å²) in [5.41, 5.74) is 0. The van der Waals surface area contributed by atoms with Crippen LogP contribution < -0.4 is 5.32 Å².